The summed E-state index contributed by atoms with van der Waals surface area (Å²) in [7, 11) is 0. The van der Waals surface area contributed by atoms with Crippen molar-refractivity contribution in [3.63, 3.8) is 0 Å². The van der Waals surface area contributed by atoms with Gasteiger partial charge in [0.1, 0.15) is 11.4 Å². The molecule has 0 fully saturated rings. The lowest BCUT2D eigenvalue weighted by Crippen LogP contribution is -2.34. The quantitative estimate of drug-likeness (QED) is 0.0965. The zero-order valence-corrected chi connectivity index (χ0v) is 23.2. The van der Waals surface area contributed by atoms with Crippen molar-refractivity contribution in [2.75, 3.05) is 5.75 Å². The number of benzene rings is 3. The lowest BCUT2D eigenvalue weighted by atomic mass is 10.2. The molecule has 0 aliphatic heterocycles. The Hall–Kier alpha value is -2.37. The third-order valence-electron chi connectivity index (χ3n) is 4.66. The summed E-state index contributed by atoms with van der Waals surface area (Å²) in [6.45, 7) is 0. The smallest absolute Gasteiger partial charge is 0.342 e. The molecule has 35 heavy (non-hydrogen) atoms. The normalized spacial score (nSPS) is 11.2. The standard InChI is InChI=1S/C23H15Br2Cl2N5O2S/c24-15-9-14(21(34)19(25)10-15)11-28-29-20(33)12-35-23-31-30-22(13-1-3-16(26)4-2-13)32(23)18-7-5-17(27)6-8-18/h1-11H,12H2,(H2,28,29,33,34)/p+1. The van der Waals surface area contributed by atoms with Crippen LogP contribution < -0.4 is 9.99 Å². The molecule has 4 aromatic rings. The van der Waals surface area contributed by atoms with Crippen molar-refractivity contribution < 1.29 is 14.5 Å². The van der Waals surface area contributed by atoms with Gasteiger partial charge in [0.05, 0.1) is 27.1 Å². The number of phenols is 1. The molecule has 1 heterocycles. The van der Waals surface area contributed by atoms with Crippen molar-refractivity contribution in [1.82, 2.24) is 15.6 Å². The number of halogens is 4. The Morgan fingerprint density at radius 1 is 1.11 bits per heavy atom. The lowest BCUT2D eigenvalue weighted by Gasteiger charge is -2.05. The van der Waals surface area contributed by atoms with Crippen LogP contribution in [0, 0.1) is 0 Å². The van der Waals surface area contributed by atoms with Gasteiger partial charge >= 0.3 is 5.16 Å². The predicted octanol–water partition coefficient (Wildman–Crippen LogP) is 6.13. The highest BCUT2D eigenvalue weighted by molar-refractivity contribution is 9.11. The van der Waals surface area contributed by atoms with E-state index in [1.165, 1.54) is 18.0 Å². The van der Waals surface area contributed by atoms with Crippen LogP contribution in [0.1, 0.15) is 5.56 Å². The molecule has 0 radical (unpaired) electrons. The fraction of sp³-hybridized carbons (Fsp3) is 0.0435. The van der Waals surface area contributed by atoms with Crippen LogP contribution >= 0.6 is 66.8 Å². The van der Waals surface area contributed by atoms with Crippen LogP contribution in [-0.4, -0.2) is 33.2 Å². The summed E-state index contributed by atoms with van der Waals surface area (Å²) in [6.07, 6.45) is 1.37. The maximum atomic E-state index is 12.4. The molecular formula is C23H16Br2Cl2N5O2S+. The minimum Gasteiger partial charge on any atom is -0.506 e. The van der Waals surface area contributed by atoms with Crippen LogP contribution in [0.4, 0.5) is 0 Å². The molecule has 0 aliphatic carbocycles. The molecule has 178 valence electrons. The van der Waals surface area contributed by atoms with Crippen molar-refractivity contribution in [2.45, 2.75) is 5.16 Å². The molecule has 0 aliphatic rings. The van der Waals surface area contributed by atoms with E-state index in [1.54, 1.807) is 36.4 Å². The highest BCUT2D eigenvalue weighted by atomic mass is 79.9. The van der Waals surface area contributed by atoms with Gasteiger partial charge in [0, 0.05) is 20.1 Å². The van der Waals surface area contributed by atoms with Crippen molar-refractivity contribution in [3.05, 3.63) is 85.2 Å². The van der Waals surface area contributed by atoms with Gasteiger partial charge in [0.25, 0.3) is 11.7 Å². The topological polar surface area (TPSA) is 94.3 Å². The molecule has 0 atom stereocenters. The summed E-state index contributed by atoms with van der Waals surface area (Å²) >= 11 is 20.0. The van der Waals surface area contributed by atoms with E-state index < -0.39 is 0 Å². The van der Waals surface area contributed by atoms with Gasteiger partial charge in [-0.2, -0.15) is 9.67 Å². The van der Waals surface area contributed by atoms with Crippen molar-refractivity contribution >= 4 is 78.9 Å². The Balaban J connectivity index is 1.51. The number of hydrogen-bond acceptors (Lipinski definition) is 5. The van der Waals surface area contributed by atoms with Gasteiger partial charge in [-0.15, -0.1) is 5.10 Å². The summed E-state index contributed by atoms with van der Waals surface area (Å²) in [5.41, 5.74) is 4.61. The molecule has 3 N–H and O–H groups in total. The minimum atomic E-state index is -0.335. The van der Waals surface area contributed by atoms with Crippen molar-refractivity contribution in [1.29, 1.82) is 0 Å². The van der Waals surface area contributed by atoms with Gasteiger partial charge in [-0.25, -0.2) is 5.43 Å². The van der Waals surface area contributed by atoms with E-state index in [0.717, 1.165) is 21.5 Å². The molecule has 0 saturated carbocycles. The maximum Gasteiger partial charge on any atom is 0.342 e. The first-order valence-electron chi connectivity index (χ1n) is 9.97. The zero-order valence-electron chi connectivity index (χ0n) is 17.7. The summed E-state index contributed by atoms with van der Waals surface area (Å²) in [4.78, 5) is 12.4. The van der Waals surface area contributed by atoms with E-state index in [2.05, 4.69) is 52.6 Å². The second-order valence-corrected chi connectivity index (χ2v) is 10.7. The molecule has 7 nitrogen and oxygen atoms in total. The van der Waals surface area contributed by atoms with Crippen LogP contribution in [0.15, 0.2) is 79.9 Å². The molecule has 4 rings (SSSR count). The fourth-order valence-corrected chi connectivity index (χ4v) is 5.32. The monoisotopic (exact) mass is 654 g/mol. The number of amides is 1. The van der Waals surface area contributed by atoms with E-state index in [4.69, 9.17) is 23.2 Å². The lowest BCUT2D eigenvalue weighted by molar-refractivity contribution is -0.625. The number of aromatic amines is 1. The van der Waals surface area contributed by atoms with Crippen LogP contribution in [-0.2, 0) is 4.79 Å². The van der Waals surface area contributed by atoms with E-state index in [0.29, 0.717) is 25.2 Å². The van der Waals surface area contributed by atoms with Gasteiger partial charge < -0.3 is 5.11 Å². The first-order valence-corrected chi connectivity index (χ1v) is 13.3. The van der Waals surface area contributed by atoms with E-state index in [9.17, 15) is 9.90 Å². The summed E-state index contributed by atoms with van der Waals surface area (Å²) < 4.78 is 3.17. The third kappa shape index (κ3) is 6.45. The number of phenolic OH excluding ortho intramolecular Hbond substituents is 1. The van der Waals surface area contributed by atoms with Gasteiger partial charge in [-0.05, 0) is 88.4 Å². The number of rotatable bonds is 7. The highest BCUT2D eigenvalue weighted by Gasteiger charge is 2.24. The first-order chi connectivity index (χ1) is 16.8. The molecule has 0 bridgehead atoms. The molecule has 3 aromatic carbocycles. The number of nitrogens with one attached hydrogen (secondary N) is 2. The Kier molecular flexibility index (Phi) is 8.51. The van der Waals surface area contributed by atoms with E-state index in [-0.39, 0.29) is 17.4 Å². The summed E-state index contributed by atoms with van der Waals surface area (Å²) in [5.74, 6) is 0.472. The minimum absolute atomic E-state index is 0.0239. The number of aromatic nitrogens is 3. The Morgan fingerprint density at radius 3 is 2.46 bits per heavy atom. The van der Waals surface area contributed by atoms with Crippen molar-refractivity contribution in [3.8, 4) is 22.8 Å². The first kappa shape index (κ1) is 25.7. The van der Waals surface area contributed by atoms with Crippen LogP contribution in [0.2, 0.25) is 10.0 Å². The molecule has 0 saturated heterocycles. The highest BCUT2D eigenvalue weighted by Crippen LogP contribution is 2.30. The maximum absolute atomic E-state index is 12.4. The Labute approximate surface area is 231 Å². The number of carbonyl (C=O) groups excluding carboxylic acids is 1. The number of aromatic hydroxyl groups is 1. The number of hydrazone groups is 1. The zero-order chi connectivity index (χ0) is 24.9. The third-order valence-corrected chi connectivity index (χ3v) is 7.16. The number of H-pyrrole nitrogens is 1. The number of hydrogen-bond donors (Lipinski definition) is 3. The van der Waals surface area contributed by atoms with Gasteiger partial charge in [0.2, 0.25) is 0 Å². The Morgan fingerprint density at radius 2 is 1.77 bits per heavy atom. The molecule has 1 amide bonds. The van der Waals surface area contributed by atoms with E-state index >= 15 is 0 Å². The average Bonchev–Trinajstić information content (AvgIpc) is 3.25. The number of nitrogens with zero attached hydrogens (tertiary/aromatic N) is 3. The summed E-state index contributed by atoms with van der Waals surface area (Å²) in [5, 5.41) is 23.3. The van der Waals surface area contributed by atoms with Gasteiger partial charge in [-0.1, -0.05) is 39.1 Å². The fourth-order valence-electron chi connectivity index (χ4n) is 3.04. The van der Waals surface area contributed by atoms with Crippen LogP contribution in [0.3, 0.4) is 0 Å². The van der Waals surface area contributed by atoms with Gasteiger partial charge in [-0.3, -0.25) is 4.79 Å². The van der Waals surface area contributed by atoms with Gasteiger partial charge in [0.15, 0.2) is 0 Å². The molecule has 0 spiro atoms. The number of thioether (sulfide) groups is 1. The molecule has 12 heteroatoms. The molecular weight excluding hydrogens is 641 g/mol. The average molecular weight is 657 g/mol. The number of carbonyl (C=O) groups is 1. The SMILES string of the molecule is O=C(CSc1n[nH]c(-c2ccc(Cl)cc2)[n+]1-c1ccc(Cl)cc1)N/N=C/c1cc(Br)cc(Br)c1O. The van der Waals surface area contributed by atoms with Crippen molar-refractivity contribution in [2.24, 2.45) is 5.10 Å². The van der Waals surface area contributed by atoms with Crippen LogP contribution in [0.25, 0.3) is 17.1 Å². The molecule has 1 aromatic heterocycles. The predicted molar refractivity (Wildman–Crippen MR) is 146 cm³/mol. The second kappa shape index (κ2) is 11.6. The second-order valence-electron chi connectivity index (χ2n) is 7.08. The van der Waals surface area contributed by atoms with E-state index in [1.807, 2.05) is 28.8 Å². The summed E-state index contributed by atoms with van der Waals surface area (Å²) in [6, 6.07) is 18.1. The Bertz CT molecular complexity index is 1400. The largest absolute Gasteiger partial charge is 0.506 e. The molecule has 0 unspecified atom stereocenters. The van der Waals surface area contributed by atoms with Crippen LogP contribution in [0.5, 0.6) is 5.75 Å².